The fourth-order valence-electron chi connectivity index (χ4n) is 1.34. The van der Waals surface area contributed by atoms with Gasteiger partial charge < -0.3 is 15.2 Å². The molecule has 0 spiro atoms. The van der Waals surface area contributed by atoms with Crippen LogP contribution in [-0.2, 0) is 0 Å². The Bertz CT molecular complexity index is 393. The average molecular weight is 244 g/mol. The van der Waals surface area contributed by atoms with E-state index in [1.54, 1.807) is 6.07 Å². The van der Waals surface area contributed by atoms with Crippen LogP contribution in [0, 0.1) is 0 Å². The molecule has 0 amide bonds. The number of carbonyl (C=O) groups excluding carboxylic acids is 1. The first-order chi connectivity index (χ1) is 7.63. The zero-order valence-electron chi connectivity index (χ0n) is 9.25. The van der Waals surface area contributed by atoms with Crippen LogP contribution < -0.4 is 15.2 Å². The van der Waals surface area contributed by atoms with Crippen LogP contribution in [-0.4, -0.2) is 26.5 Å². The Balaban J connectivity index is 3.17. The molecule has 0 bridgehead atoms. The van der Waals surface area contributed by atoms with Crippen LogP contribution in [0.3, 0.4) is 0 Å². The zero-order chi connectivity index (χ0) is 12.1. The van der Waals surface area contributed by atoms with Crippen molar-refractivity contribution in [3.8, 4) is 11.5 Å². The Kier molecular flexibility index (Phi) is 4.58. The summed E-state index contributed by atoms with van der Waals surface area (Å²) in [5, 5.41) is 0.378. The average Bonchev–Trinajstić information content (AvgIpc) is 2.29. The van der Waals surface area contributed by atoms with Crippen molar-refractivity contribution in [2.45, 2.75) is 6.42 Å². The van der Waals surface area contributed by atoms with E-state index in [4.69, 9.17) is 26.8 Å². The van der Waals surface area contributed by atoms with Gasteiger partial charge in [-0.25, -0.2) is 0 Å². The molecule has 0 unspecified atom stereocenters. The van der Waals surface area contributed by atoms with E-state index in [0.29, 0.717) is 28.6 Å². The number of carbonyl (C=O) groups is 1. The van der Waals surface area contributed by atoms with Crippen molar-refractivity contribution < 1.29 is 14.3 Å². The lowest BCUT2D eigenvalue weighted by Crippen LogP contribution is -2.09. The predicted molar refractivity (Wildman–Crippen MR) is 62.6 cm³/mol. The molecule has 0 saturated carbocycles. The van der Waals surface area contributed by atoms with Crippen molar-refractivity contribution in [2.75, 3.05) is 20.8 Å². The van der Waals surface area contributed by atoms with Crippen molar-refractivity contribution >= 4 is 17.4 Å². The zero-order valence-corrected chi connectivity index (χ0v) is 10.0. The number of rotatable bonds is 5. The molecule has 0 heterocycles. The molecule has 1 aromatic carbocycles. The molecule has 0 fully saturated rings. The van der Waals surface area contributed by atoms with Crippen LogP contribution >= 0.6 is 11.6 Å². The molecule has 2 N–H and O–H groups in total. The predicted octanol–water partition coefficient (Wildman–Crippen LogP) is 1.89. The van der Waals surface area contributed by atoms with Gasteiger partial charge in [-0.15, -0.1) is 0 Å². The highest BCUT2D eigenvalue weighted by atomic mass is 35.5. The van der Waals surface area contributed by atoms with Crippen molar-refractivity contribution in [2.24, 2.45) is 5.73 Å². The summed E-state index contributed by atoms with van der Waals surface area (Å²) in [6.07, 6.45) is 0.263. The van der Waals surface area contributed by atoms with Crippen molar-refractivity contribution in [1.82, 2.24) is 0 Å². The van der Waals surface area contributed by atoms with Gasteiger partial charge in [0.05, 0.1) is 24.8 Å². The maximum Gasteiger partial charge on any atom is 0.167 e. The van der Waals surface area contributed by atoms with Crippen LogP contribution in [0.2, 0.25) is 5.02 Å². The van der Waals surface area contributed by atoms with E-state index in [2.05, 4.69) is 0 Å². The quantitative estimate of drug-likeness (QED) is 0.803. The van der Waals surface area contributed by atoms with Crippen molar-refractivity contribution in [1.29, 1.82) is 0 Å². The first-order valence-corrected chi connectivity index (χ1v) is 5.16. The molecule has 4 nitrogen and oxygen atoms in total. The van der Waals surface area contributed by atoms with Gasteiger partial charge in [0.25, 0.3) is 0 Å². The summed E-state index contributed by atoms with van der Waals surface area (Å²) < 4.78 is 10.1. The molecular formula is C11H14ClNO3. The lowest BCUT2D eigenvalue weighted by molar-refractivity contribution is 0.0982. The number of hydrogen-bond acceptors (Lipinski definition) is 4. The highest BCUT2D eigenvalue weighted by Crippen LogP contribution is 2.32. The van der Waals surface area contributed by atoms with Crippen LogP contribution in [0.1, 0.15) is 16.8 Å². The molecule has 0 atom stereocenters. The number of ether oxygens (including phenoxy) is 2. The minimum absolute atomic E-state index is 0.0936. The molecule has 0 radical (unpaired) electrons. The number of benzene rings is 1. The molecule has 16 heavy (non-hydrogen) atoms. The molecule has 0 aliphatic carbocycles. The minimum Gasteiger partial charge on any atom is -0.496 e. The van der Waals surface area contributed by atoms with Gasteiger partial charge in [-0.1, -0.05) is 11.6 Å². The number of ketones is 1. The summed E-state index contributed by atoms with van der Waals surface area (Å²) in [7, 11) is 2.99. The number of methoxy groups -OCH3 is 2. The largest absolute Gasteiger partial charge is 0.496 e. The summed E-state index contributed by atoms with van der Waals surface area (Å²) in [6.45, 7) is 0.297. The second kappa shape index (κ2) is 5.72. The third-order valence-electron chi connectivity index (χ3n) is 2.15. The van der Waals surface area contributed by atoms with Gasteiger partial charge in [-0.3, -0.25) is 4.79 Å². The van der Waals surface area contributed by atoms with Crippen LogP contribution in [0.5, 0.6) is 11.5 Å². The number of halogens is 1. The standard InChI is InChI=1S/C11H14ClNO3/c1-15-10-6-11(16-2)8(12)5-7(10)9(14)3-4-13/h5-6H,3-4,13H2,1-2H3. The highest BCUT2D eigenvalue weighted by molar-refractivity contribution is 6.32. The molecule has 88 valence electrons. The van der Waals surface area contributed by atoms with Crippen LogP contribution in [0.4, 0.5) is 0 Å². The first-order valence-electron chi connectivity index (χ1n) is 4.78. The SMILES string of the molecule is COc1cc(OC)c(C(=O)CCN)cc1Cl. The Labute approximate surface area is 99.3 Å². The second-order valence-electron chi connectivity index (χ2n) is 3.15. The van der Waals surface area contributed by atoms with E-state index in [0.717, 1.165) is 0 Å². The molecule has 0 aromatic heterocycles. The first kappa shape index (κ1) is 12.8. The highest BCUT2D eigenvalue weighted by Gasteiger charge is 2.15. The maximum absolute atomic E-state index is 11.7. The normalized spacial score (nSPS) is 10.0. The van der Waals surface area contributed by atoms with Gasteiger partial charge >= 0.3 is 0 Å². The van der Waals surface area contributed by atoms with E-state index < -0.39 is 0 Å². The van der Waals surface area contributed by atoms with Gasteiger partial charge in [0.15, 0.2) is 5.78 Å². The van der Waals surface area contributed by atoms with Gasteiger partial charge in [-0.05, 0) is 12.6 Å². The Morgan fingerprint density at radius 3 is 2.44 bits per heavy atom. The smallest absolute Gasteiger partial charge is 0.167 e. The molecule has 0 saturated heterocycles. The fourth-order valence-corrected chi connectivity index (χ4v) is 1.58. The number of Topliss-reactive ketones (excluding diaryl/α,β-unsaturated/α-hetero) is 1. The molecule has 0 aliphatic heterocycles. The summed E-state index contributed by atoms with van der Waals surface area (Å²) in [5.74, 6) is 0.825. The van der Waals surface area contributed by atoms with Crippen LogP contribution in [0.25, 0.3) is 0 Å². The summed E-state index contributed by atoms with van der Waals surface area (Å²) in [5.41, 5.74) is 5.76. The molecule has 0 aliphatic rings. The van der Waals surface area contributed by atoms with Gasteiger partial charge in [0.1, 0.15) is 11.5 Å². The maximum atomic E-state index is 11.7. The second-order valence-corrected chi connectivity index (χ2v) is 3.56. The third kappa shape index (κ3) is 2.65. The fraction of sp³-hybridized carbons (Fsp3) is 0.364. The van der Waals surface area contributed by atoms with Crippen molar-refractivity contribution in [3.05, 3.63) is 22.7 Å². The topological polar surface area (TPSA) is 61.5 Å². The summed E-state index contributed by atoms with van der Waals surface area (Å²) >= 11 is 5.94. The minimum atomic E-state index is -0.0936. The summed E-state index contributed by atoms with van der Waals surface area (Å²) in [4.78, 5) is 11.7. The van der Waals surface area contributed by atoms with Gasteiger partial charge in [0, 0.05) is 12.5 Å². The van der Waals surface area contributed by atoms with Crippen molar-refractivity contribution in [3.63, 3.8) is 0 Å². The van der Waals surface area contributed by atoms with Gasteiger partial charge in [0.2, 0.25) is 0 Å². The molecule has 5 heteroatoms. The van der Waals surface area contributed by atoms with E-state index in [1.807, 2.05) is 0 Å². The Morgan fingerprint density at radius 1 is 1.31 bits per heavy atom. The lowest BCUT2D eigenvalue weighted by Gasteiger charge is -2.10. The summed E-state index contributed by atoms with van der Waals surface area (Å²) in [6, 6.07) is 3.13. The number of nitrogens with two attached hydrogens (primary N) is 1. The third-order valence-corrected chi connectivity index (χ3v) is 2.44. The van der Waals surface area contributed by atoms with Gasteiger partial charge in [-0.2, -0.15) is 0 Å². The Morgan fingerprint density at radius 2 is 1.94 bits per heavy atom. The van der Waals surface area contributed by atoms with E-state index in [-0.39, 0.29) is 12.2 Å². The van der Waals surface area contributed by atoms with E-state index >= 15 is 0 Å². The number of hydrogen-bond donors (Lipinski definition) is 1. The van der Waals surface area contributed by atoms with E-state index in [9.17, 15) is 4.79 Å². The lowest BCUT2D eigenvalue weighted by atomic mass is 10.1. The molecular weight excluding hydrogens is 230 g/mol. The molecule has 1 rings (SSSR count). The molecule has 1 aromatic rings. The van der Waals surface area contributed by atoms with Crippen LogP contribution in [0.15, 0.2) is 12.1 Å². The Hall–Kier alpha value is -1.26. The monoisotopic (exact) mass is 243 g/mol. The van der Waals surface area contributed by atoms with E-state index in [1.165, 1.54) is 20.3 Å².